The first-order chi connectivity index (χ1) is 14.0. The standard InChI is InChI=1S/C20H16Cl2N6O/c1-13-7-9-24-20-25-18(26-28(13)20)19(29)27(12-15-4-2-3-8-23-15)11-14-5-6-16(21)17(22)10-14/h2-10H,11-12H2,1H3. The highest BCUT2D eigenvalue weighted by molar-refractivity contribution is 6.42. The molecular formula is C20H16Cl2N6O. The Morgan fingerprint density at radius 3 is 2.62 bits per heavy atom. The van der Waals surface area contributed by atoms with Crippen molar-refractivity contribution in [3.8, 4) is 0 Å². The van der Waals surface area contributed by atoms with Gasteiger partial charge in [0.25, 0.3) is 11.7 Å². The largest absolute Gasteiger partial charge is 0.326 e. The summed E-state index contributed by atoms with van der Waals surface area (Å²) in [6, 6.07) is 12.6. The molecule has 0 atom stereocenters. The second kappa shape index (κ2) is 8.14. The number of carbonyl (C=O) groups is 1. The van der Waals surface area contributed by atoms with Crippen LogP contribution >= 0.6 is 23.2 Å². The van der Waals surface area contributed by atoms with Crippen LogP contribution in [0.25, 0.3) is 5.78 Å². The summed E-state index contributed by atoms with van der Waals surface area (Å²) >= 11 is 12.2. The van der Waals surface area contributed by atoms with Gasteiger partial charge in [0.2, 0.25) is 5.82 Å². The number of aryl methyl sites for hydroxylation is 1. The number of benzene rings is 1. The Kier molecular flexibility index (Phi) is 5.42. The van der Waals surface area contributed by atoms with Crippen molar-refractivity contribution in [2.24, 2.45) is 0 Å². The van der Waals surface area contributed by atoms with Gasteiger partial charge in [-0.15, -0.1) is 5.10 Å². The Balaban J connectivity index is 1.68. The molecule has 0 spiro atoms. The van der Waals surface area contributed by atoms with E-state index >= 15 is 0 Å². The molecule has 3 aromatic heterocycles. The fourth-order valence-electron chi connectivity index (χ4n) is 2.88. The highest BCUT2D eigenvalue weighted by Gasteiger charge is 2.22. The fraction of sp³-hybridized carbons (Fsp3) is 0.150. The second-order valence-electron chi connectivity index (χ2n) is 6.46. The second-order valence-corrected chi connectivity index (χ2v) is 7.28. The summed E-state index contributed by atoms with van der Waals surface area (Å²) in [4.78, 5) is 27.7. The lowest BCUT2D eigenvalue weighted by Crippen LogP contribution is -2.31. The average molecular weight is 427 g/mol. The first-order valence-electron chi connectivity index (χ1n) is 8.83. The zero-order valence-electron chi connectivity index (χ0n) is 15.5. The lowest BCUT2D eigenvalue weighted by Gasteiger charge is -2.21. The SMILES string of the molecule is Cc1ccnc2nc(C(=O)N(Cc3ccc(Cl)c(Cl)c3)Cc3ccccn3)nn12. The number of halogens is 2. The van der Waals surface area contributed by atoms with Gasteiger partial charge in [-0.3, -0.25) is 9.78 Å². The molecule has 146 valence electrons. The van der Waals surface area contributed by atoms with E-state index in [9.17, 15) is 4.79 Å². The molecule has 0 radical (unpaired) electrons. The van der Waals surface area contributed by atoms with Crippen molar-refractivity contribution < 1.29 is 4.79 Å². The van der Waals surface area contributed by atoms with E-state index < -0.39 is 0 Å². The van der Waals surface area contributed by atoms with Gasteiger partial charge >= 0.3 is 0 Å². The number of hydrogen-bond donors (Lipinski definition) is 0. The molecule has 0 fully saturated rings. The van der Waals surface area contributed by atoms with Crippen molar-refractivity contribution in [3.05, 3.63) is 87.7 Å². The third-order valence-electron chi connectivity index (χ3n) is 4.34. The summed E-state index contributed by atoms with van der Waals surface area (Å²) < 4.78 is 1.55. The number of fused-ring (bicyclic) bond motifs is 1. The minimum Gasteiger partial charge on any atom is -0.326 e. The molecule has 7 nitrogen and oxygen atoms in total. The monoisotopic (exact) mass is 426 g/mol. The zero-order valence-corrected chi connectivity index (χ0v) is 17.0. The molecule has 0 saturated heterocycles. The highest BCUT2D eigenvalue weighted by atomic mass is 35.5. The van der Waals surface area contributed by atoms with Gasteiger partial charge in [0.05, 0.1) is 22.3 Å². The van der Waals surface area contributed by atoms with Gasteiger partial charge in [0.1, 0.15) is 0 Å². The van der Waals surface area contributed by atoms with E-state index in [1.807, 2.05) is 31.2 Å². The molecule has 0 bridgehead atoms. The fourth-order valence-corrected chi connectivity index (χ4v) is 3.20. The normalized spacial score (nSPS) is 11.0. The number of amides is 1. The minimum absolute atomic E-state index is 0.0720. The summed E-state index contributed by atoms with van der Waals surface area (Å²) in [5.74, 6) is 0.120. The van der Waals surface area contributed by atoms with E-state index in [0.29, 0.717) is 28.9 Å². The van der Waals surface area contributed by atoms with E-state index in [1.54, 1.807) is 40.0 Å². The molecule has 0 saturated carbocycles. The van der Waals surface area contributed by atoms with Crippen molar-refractivity contribution in [3.63, 3.8) is 0 Å². The molecule has 4 rings (SSSR count). The molecule has 0 N–H and O–H groups in total. The number of carbonyl (C=O) groups excluding carboxylic acids is 1. The Labute approximate surface area is 176 Å². The molecule has 3 heterocycles. The quantitative estimate of drug-likeness (QED) is 0.482. The van der Waals surface area contributed by atoms with Crippen LogP contribution in [0.4, 0.5) is 0 Å². The highest BCUT2D eigenvalue weighted by Crippen LogP contribution is 2.24. The maximum absolute atomic E-state index is 13.3. The van der Waals surface area contributed by atoms with E-state index in [1.165, 1.54) is 0 Å². The maximum Gasteiger partial charge on any atom is 0.294 e. The summed E-state index contributed by atoms with van der Waals surface area (Å²) in [5, 5.41) is 5.22. The Morgan fingerprint density at radius 2 is 1.90 bits per heavy atom. The van der Waals surface area contributed by atoms with Crippen LogP contribution in [0, 0.1) is 6.92 Å². The molecule has 4 aromatic rings. The van der Waals surface area contributed by atoms with E-state index in [0.717, 1.165) is 17.0 Å². The van der Waals surface area contributed by atoms with Gasteiger partial charge in [-0.2, -0.15) is 4.98 Å². The van der Waals surface area contributed by atoms with Gasteiger partial charge < -0.3 is 4.90 Å². The van der Waals surface area contributed by atoms with E-state index in [-0.39, 0.29) is 11.7 Å². The lowest BCUT2D eigenvalue weighted by molar-refractivity contribution is 0.0715. The van der Waals surface area contributed by atoms with E-state index in [2.05, 4.69) is 20.1 Å². The summed E-state index contributed by atoms with van der Waals surface area (Å²) in [5.41, 5.74) is 2.42. The smallest absolute Gasteiger partial charge is 0.294 e. The maximum atomic E-state index is 13.3. The number of aromatic nitrogens is 5. The van der Waals surface area contributed by atoms with Gasteiger partial charge in [-0.25, -0.2) is 9.50 Å². The molecule has 0 unspecified atom stereocenters. The van der Waals surface area contributed by atoms with Crippen LogP contribution < -0.4 is 0 Å². The van der Waals surface area contributed by atoms with Crippen LogP contribution in [-0.2, 0) is 13.1 Å². The van der Waals surface area contributed by atoms with Crippen LogP contribution in [0.5, 0.6) is 0 Å². The minimum atomic E-state index is -0.327. The van der Waals surface area contributed by atoms with Crippen molar-refractivity contribution in [2.75, 3.05) is 0 Å². The van der Waals surface area contributed by atoms with Gasteiger partial charge in [-0.05, 0) is 42.8 Å². The Hall–Kier alpha value is -3.03. The Bertz CT molecular complexity index is 1180. The molecule has 1 aromatic carbocycles. The third-order valence-corrected chi connectivity index (χ3v) is 5.08. The first-order valence-corrected chi connectivity index (χ1v) is 9.58. The molecule has 0 aliphatic carbocycles. The number of hydrogen-bond acceptors (Lipinski definition) is 5. The summed E-state index contributed by atoms with van der Waals surface area (Å²) in [6.07, 6.45) is 3.32. The van der Waals surface area contributed by atoms with Crippen LogP contribution in [0.15, 0.2) is 54.9 Å². The van der Waals surface area contributed by atoms with Gasteiger partial charge in [-0.1, -0.05) is 35.3 Å². The van der Waals surface area contributed by atoms with Crippen LogP contribution in [-0.4, -0.2) is 35.4 Å². The van der Waals surface area contributed by atoms with Crippen molar-refractivity contribution >= 4 is 34.9 Å². The third kappa shape index (κ3) is 4.21. The summed E-state index contributed by atoms with van der Waals surface area (Å²) in [7, 11) is 0. The predicted octanol–water partition coefficient (Wildman–Crippen LogP) is 3.98. The summed E-state index contributed by atoms with van der Waals surface area (Å²) in [6.45, 7) is 2.47. The van der Waals surface area contributed by atoms with Gasteiger partial charge in [0, 0.05) is 24.6 Å². The lowest BCUT2D eigenvalue weighted by atomic mass is 10.2. The van der Waals surface area contributed by atoms with Gasteiger partial charge in [0.15, 0.2) is 0 Å². The number of rotatable bonds is 5. The van der Waals surface area contributed by atoms with Crippen molar-refractivity contribution in [2.45, 2.75) is 20.0 Å². The molecule has 0 aliphatic heterocycles. The number of pyridine rings is 1. The topological polar surface area (TPSA) is 76.3 Å². The van der Waals surface area contributed by atoms with Crippen molar-refractivity contribution in [1.29, 1.82) is 0 Å². The molecule has 1 amide bonds. The Morgan fingerprint density at radius 1 is 1.03 bits per heavy atom. The first kappa shape index (κ1) is 19.3. The molecular weight excluding hydrogens is 411 g/mol. The predicted molar refractivity (Wildman–Crippen MR) is 110 cm³/mol. The van der Waals surface area contributed by atoms with Crippen LogP contribution in [0.3, 0.4) is 0 Å². The zero-order chi connectivity index (χ0) is 20.4. The van der Waals surface area contributed by atoms with Crippen molar-refractivity contribution in [1.82, 2.24) is 29.5 Å². The molecule has 29 heavy (non-hydrogen) atoms. The number of nitrogens with zero attached hydrogens (tertiary/aromatic N) is 6. The van der Waals surface area contributed by atoms with E-state index in [4.69, 9.17) is 23.2 Å². The molecule has 0 aliphatic rings. The van der Waals surface area contributed by atoms with Crippen LogP contribution in [0.1, 0.15) is 27.6 Å². The average Bonchev–Trinajstić information content (AvgIpc) is 3.16. The molecule has 9 heteroatoms. The van der Waals surface area contributed by atoms with Crippen LogP contribution in [0.2, 0.25) is 10.0 Å².